The molecule has 0 aromatic carbocycles. The summed E-state index contributed by atoms with van der Waals surface area (Å²) in [6, 6.07) is 3.20. The quantitative estimate of drug-likeness (QED) is 0.796. The highest BCUT2D eigenvalue weighted by molar-refractivity contribution is 5.82. The van der Waals surface area contributed by atoms with Crippen LogP contribution in [0.3, 0.4) is 0 Å². The number of halogens is 3. The molecule has 0 spiro atoms. The first-order chi connectivity index (χ1) is 13.7. The number of likely N-dealkylation sites (tertiary alicyclic amines) is 1. The highest BCUT2D eigenvalue weighted by Crippen LogP contribution is 2.46. The van der Waals surface area contributed by atoms with E-state index < -0.39 is 30.6 Å². The molecular formula is C20H27F3N4O2. The van der Waals surface area contributed by atoms with Gasteiger partial charge < -0.3 is 9.64 Å². The maximum absolute atomic E-state index is 13.3. The molecule has 3 heterocycles. The van der Waals surface area contributed by atoms with Gasteiger partial charge in [0, 0.05) is 30.4 Å². The van der Waals surface area contributed by atoms with Gasteiger partial charge >= 0.3 is 6.18 Å². The fourth-order valence-corrected chi connectivity index (χ4v) is 5.19. The lowest BCUT2D eigenvalue weighted by Crippen LogP contribution is -2.63. The fourth-order valence-electron chi connectivity index (χ4n) is 5.19. The molecule has 1 aliphatic carbocycles. The molecule has 5 atom stereocenters. The van der Waals surface area contributed by atoms with Crippen LogP contribution in [0, 0.1) is 11.8 Å². The van der Waals surface area contributed by atoms with Crippen LogP contribution in [0.2, 0.25) is 0 Å². The summed E-state index contributed by atoms with van der Waals surface area (Å²) < 4.78 is 45.7. The van der Waals surface area contributed by atoms with Crippen LogP contribution in [0.15, 0.2) is 18.3 Å². The van der Waals surface area contributed by atoms with Crippen LogP contribution in [0.5, 0.6) is 5.88 Å². The van der Waals surface area contributed by atoms with Crippen molar-refractivity contribution >= 4 is 5.91 Å². The Morgan fingerprint density at radius 1 is 1.34 bits per heavy atom. The van der Waals surface area contributed by atoms with Crippen molar-refractivity contribution in [1.29, 1.82) is 0 Å². The molecule has 1 aromatic rings. The molecule has 29 heavy (non-hydrogen) atoms. The average Bonchev–Trinajstić information content (AvgIpc) is 3.14. The first-order valence-corrected chi connectivity index (χ1v) is 10.2. The van der Waals surface area contributed by atoms with Gasteiger partial charge in [0.05, 0.1) is 12.0 Å². The average molecular weight is 412 g/mol. The van der Waals surface area contributed by atoms with Crippen LogP contribution in [-0.4, -0.2) is 53.2 Å². The maximum atomic E-state index is 13.3. The highest BCUT2D eigenvalue weighted by atomic mass is 19.4. The van der Waals surface area contributed by atoms with E-state index in [0.717, 1.165) is 23.3 Å². The summed E-state index contributed by atoms with van der Waals surface area (Å²) >= 11 is 0. The number of pyridine rings is 1. The molecule has 2 N–H and O–H groups in total. The molecule has 5 unspecified atom stereocenters. The molecule has 4 rings (SSSR count). The Labute approximate surface area is 168 Å². The van der Waals surface area contributed by atoms with E-state index in [-0.39, 0.29) is 24.0 Å². The summed E-state index contributed by atoms with van der Waals surface area (Å²) in [5, 5.41) is 0. The fraction of sp³-hybridized carbons (Fsp3) is 0.700. The van der Waals surface area contributed by atoms with Crippen LogP contribution < -0.4 is 15.6 Å². The van der Waals surface area contributed by atoms with Crippen LogP contribution in [0.1, 0.15) is 44.6 Å². The van der Waals surface area contributed by atoms with Gasteiger partial charge in [-0.3, -0.25) is 15.6 Å². The highest BCUT2D eigenvalue weighted by Gasteiger charge is 2.54. The molecule has 6 nitrogen and oxygen atoms in total. The van der Waals surface area contributed by atoms with E-state index in [1.165, 1.54) is 0 Å². The zero-order valence-corrected chi connectivity index (χ0v) is 16.6. The topological polar surface area (TPSA) is 66.5 Å². The number of carbonyl (C=O) groups is 1. The molecular weight excluding hydrogens is 385 g/mol. The van der Waals surface area contributed by atoms with Gasteiger partial charge in [0.15, 0.2) is 0 Å². The van der Waals surface area contributed by atoms with Gasteiger partial charge in [0.25, 0.3) is 0 Å². The number of alkyl halides is 3. The largest absolute Gasteiger partial charge is 0.475 e. The van der Waals surface area contributed by atoms with Gasteiger partial charge in [-0.05, 0) is 51.0 Å². The van der Waals surface area contributed by atoms with E-state index in [1.807, 2.05) is 26.0 Å². The molecule has 2 saturated heterocycles. The third kappa shape index (κ3) is 4.07. The zero-order chi connectivity index (χ0) is 20.8. The molecule has 160 valence electrons. The van der Waals surface area contributed by atoms with E-state index in [4.69, 9.17) is 4.74 Å². The van der Waals surface area contributed by atoms with Crippen LogP contribution >= 0.6 is 0 Å². The number of piperidine rings is 1. The van der Waals surface area contributed by atoms with E-state index >= 15 is 0 Å². The number of rotatable bonds is 4. The number of hydrazine groups is 1. The van der Waals surface area contributed by atoms with Gasteiger partial charge in [-0.15, -0.1) is 0 Å². The Balaban J connectivity index is 1.62. The lowest BCUT2D eigenvalue weighted by molar-refractivity contribution is -0.178. The maximum Gasteiger partial charge on any atom is 0.406 e. The third-order valence-corrected chi connectivity index (χ3v) is 6.29. The van der Waals surface area contributed by atoms with Gasteiger partial charge in [0.2, 0.25) is 11.8 Å². The van der Waals surface area contributed by atoms with Gasteiger partial charge in [-0.2, -0.15) is 13.2 Å². The summed E-state index contributed by atoms with van der Waals surface area (Å²) in [7, 11) is 0. The Kier molecular flexibility index (Phi) is 5.46. The van der Waals surface area contributed by atoms with E-state index in [1.54, 1.807) is 6.20 Å². The Bertz CT molecular complexity index is 757. The predicted octanol–water partition coefficient (Wildman–Crippen LogP) is 2.62. The SMILES string of the molecule is CC(C)Oc1ncccc1C1CCC2C3NNCC3C(=O)N(CC(F)(F)F)C2C1. The molecule has 2 aliphatic heterocycles. The van der Waals surface area contributed by atoms with Gasteiger partial charge in [0.1, 0.15) is 6.54 Å². The number of amides is 1. The minimum Gasteiger partial charge on any atom is -0.475 e. The number of nitrogens with zero attached hydrogens (tertiary/aromatic N) is 2. The molecule has 3 aliphatic rings. The second-order valence-corrected chi connectivity index (χ2v) is 8.54. The molecule has 1 saturated carbocycles. The summed E-state index contributed by atoms with van der Waals surface area (Å²) in [5.41, 5.74) is 7.04. The van der Waals surface area contributed by atoms with Crippen molar-refractivity contribution in [2.75, 3.05) is 13.1 Å². The number of carbonyl (C=O) groups excluding carboxylic acids is 1. The van der Waals surface area contributed by atoms with Crippen molar-refractivity contribution in [3.8, 4) is 5.88 Å². The molecule has 0 radical (unpaired) electrons. The summed E-state index contributed by atoms with van der Waals surface area (Å²) in [6.45, 7) is 3.02. The van der Waals surface area contributed by atoms with E-state index in [2.05, 4.69) is 15.8 Å². The first kappa shape index (κ1) is 20.4. The van der Waals surface area contributed by atoms with Crippen molar-refractivity contribution in [3.05, 3.63) is 23.9 Å². The monoisotopic (exact) mass is 412 g/mol. The van der Waals surface area contributed by atoms with Gasteiger partial charge in [-0.1, -0.05) is 6.07 Å². The van der Waals surface area contributed by atoms with Crippen LogP contribution in [0.25, 0.3) is 0 Å². The van der Waals surface area contributed by atoms with Crippen molar-refractivity contribution in [2.24, 2.45) is 11.8 Å². The zero-order valence-electron chi connectivity index (χ0n) is 16.6. The molecule has 1 aromatic heterocycles. The minimum absolute atomic E-state index is 0.00237. The molecule has 3 fully saturated rings. The van der Waals surface area contributed by atoms with E-state index in [9.17, 15) is 18.0 Å². The van der Waals surface area contributed by atoms with Crippen molar-refractivity contribution in [3.63, 3.8) is 0 Å². The molecule has 1 amide bonds. The number of hydrogen-bond donors (Lipinski definition) is 2. The molecule has 9 heteroatoms. The van der Waals surface area contributed by atoms with Crippen molar-refractivity contribution in [1.82, 2.24) is 20.7 Å². The standard InChI is InChI=1S/C20H27F3N4O2/c1-11(2)29-18-13(4-3-7-24-18)12-5-6-14-16(8-12)27(10-20(21,22)23)19(28)15-9-25-26-17(14)15/h3-4,7,11-12,14-17,25-26H,5-6,8-10H2,1-2H3. The Morgan fingerprint density at radius 3 is 2.86 bits per heavy atom. The smallest absolute Gasteiger partial charge is 0.406 e. The van der Waals surface area contributed by atoms with Crippen molar-refractivity contribution < 1.29 is 22.7 Å². The summed E-state index contributed by atoms with van der Waals surface area (Å²) in [6.07, 6.45) is -0.737. The Hall–Kier alpha value is -1.87. The third-order valence-electron chi connectivity index (χ3n) is 6.29. The van der Waals surface area contributed by atoms with Gasteiger partial charge in [-0.25, -0.2) is 4.98 Å². The summed E-state index contributed by atoms with van der Waals surface area (Å²) in [5.74, 6) is -0.301. The normalized spacial score (nSPS) is 32.3. The number of aromatic nitrogens is 1. The summed E-state index contributed by atoms with van der Waals surface area (Å²) in [4.78, 5) is 18.3. The second-order valence-electron chi connectivity index (χ2n) is 8.54. The number of nitrogens with one attached hydrogen (secondary N) is 2. The van der Waals surface area contributed by atoms with Crippen LogP contribution in [0.4, 0.5) is 13.2 Å². The number of hydrogen-bond acceptors (Lipinski definition) is 5. The van der Waals surface area contributed by atoms with Crippen molar-refractivity contribution in [2.45, 2.75) is 63.4 Å². The number of fused-ring (bicyclic) bond motifs is 3. The predicted molar refractivity (Wildman–Crippen MR) is 100 cm³/mol. The first-order valence-electron chi connectivity index (χ1n) is 10.2. The van der Waals surface area contributed by atoms with Crippen LogP contribution in [-0.2, 0) is 4.79 Å². The lowest BCUT2D eigenvalue weighted by Gasteiger charge is -2.50. The second kappa shape index (κ2) is 7.75. The minimum atomic E-state index is -4.42. The Morgan fingerprint density at radius 2 is 2.14 bits per heavy atom. The lowest BCUT2D eigenvalue weighted by atomic mass is 9.67. The van der Waals surface area contributed by atoms with E-state index in [0.29, 0.717) is 18.8 Å². The number of ether oxygens (including phenoxy) is 1. The molecule has 0 bridgehead atoms.